The first kappa shape index (κ1) is 13.2. The van der Waals surface area contributed by atoms with Crippen molar-refractivity contribution in [3.63, 3.8) is 0 Å². The third-order valence-corrected chi connectivity index (χ3v) is 3.84. The summed E-state index contributed by atoms with van der Waals surface area (Å²) >= 11 is 6.03. The maximum atomic E-state index is 12.4. The molecule has 20 heavy (non-hydrogen) atoms. The van der Waals surface area contributed by atoms with Gasteiger partial charge in [-0.2, -0.15) is 0 Å². The van der Waals surface area contributed by atoms with Crippen molar-refractivity contribution in [3.8, 4) is 0 Å². The molecule has 3 rings (SSSR count). The van der Waals surface area contributed by atoms with Crippen molar-refractivity contribution >= 4 is 17.5 Å². The summed E-state index contributed by atoms with van der Waals surface area (Å²) in [6.45, 7) is 0. The van der Waals surface area contributed by atoms with Crippen molar-refractivity contribution in [1.82, 2.24) is 10.2 Å². The van der Waals surface area contributed by atoms with Crippen molar-refractivity contribution in [2.24, 2.45) is 0 Å². The van der Waals surface area contributed by atoms with Gasteiger partial charge in [0.2, 0.25) is 5.91 Å². The van der Waals surface area contributed by atoms with Gasteiger partial charge in [-0.15, -0.1) is 0 Å². The Morgan fingerprint density at radius 3 is 2.45 bits per heavy atom. The fourth-order valence-corrected chi connectivity index (χ4v) is 2.75. The first-order chi connectivity index (χ1) is 9.66. The molecule has 1 heterocycles. The van der Waals surface area contributed by atoms with E-state index in [9.17, 15) is 4.79 Å². The van der Waals surface area contributed by atoms with Crippen molar-refractivity contribution < 1.29 is 4.79 Å². The quantitative estimate of drug-likeness (QED) is 0.920. The lowest BCUT2D eigenvalue weighted by Gasteiger charge is -2.19. The number of likely N-dealkylation sites (N-methyl/N-ethyl adjacent to an activating group) is 1. The molecule has 1 aliphatic heterocycles. The van der Waals surface area contributed by atoms with Gasteiger partial charge in [0.25, 0.3) is 0 Å². The number of benzene rings is 2. The minimum Gasteiger partial charge on any atom is -0.324 e. The van der Waals surface area contributed by atoms with E-state index >= 15 is 0 Å². The molecule has 0 saturated carbocycles. The van der Waals surface area contributed by atoms with Gasteiger partial charge in [0.05, 0.1) is 0 Å². The number of hydrogen-bond donors (Lipinski definition) is 1. The van der Waals surface area contributed by atoms with E-state index in [-0.39, 0.29) is 18.1 Å². The van der Waals surface area contributed by atoms with Gasteiger partial charge in [0, 0.05) is 12.1 Å². The monoisotopic (exact) mass is 286 g/mol. The topological polar surface area (TPSA) is 32.3 Å². The lowest BCUT2D eigenvalue weighted by Crippen LogP contribution is -2.25. The second kappa shape index (κ2) is 5.27. The Balaban J connectivity index is 1.91. The molecule has 4 heteroatoms. The summed E-state index contributed by atoms with van der Waals surface area (Å²) in [5.41, 5.74) is 1.97. The van der Waals surface area contributed by atoms with Gasteiger partial charge in [-0.1, -0.05) is 54.1 Å². The van der Waals surface area contributed by atoms with E-state index < -0.39 is 0 Å². The molecule has 0 radical (unpaired) electrons. The summed E-state index contributed by atoms with van der Waals surface area (Å²) in [7, 11) is 1.81. The van der Waals surface area contributed by atoms with E-state index in [1.807, 2.05) is 61.6 Å². The molecule has 0 bridgehead atoms. The van der Waals surface area contributed by atoms with E-state index in [2.05, 4.69) is 5.32 Å². The lowest BCUT2D eigenvalue weighted by atomic mass is 10.1. The second-order valence-corrected chi connectivity index (χ2v) is 5.35. The first-order valence-electron chi connectivity index (χ1n) is 6.50. The SMILES string of the molecule is CN1C(=O)C(c2ccccc2)NC1c1cccc(Cl)c1. The minimum atomic E-state index is -0.301. The van der Waals surface area contributed by atoms with Crippen molar-refractivity contribution in [2.45, 2.75) is 12.2 Å². The Morgan fingerprint density at radius 1 is 1.05 bits per heavy atom. The van der Waals surface area contributed by atoms with Crippen molar-refractivity contribution in [2.75, 3.05) is 7.05 Å². The van der Waals surface area contributed by atoms with E-state index in [1.54, 1.807) is 4.90 Å². The van der Waals surface area contributed by atoms with Gasteiger partial charge in [-0.25, -0.2) is 0 Å². The van der Waals surface area contributed by atoms with Gasteiger partial charge in [0.15, 0.2) is 0 Å². The minimum absolute atomic E-state index is 0.0705. The van der Waals surface area contributed by atoms with Gasteiger partial charge in [-0.05, 0) is 23.3 Å². The summed E-state index contributed by atoms with van der Waals surface area (Å²) < 4.78 is 0. The van der Waals surface area contributed by atoms with Crippen LogP contribution in [0, 0.1) is 0 Å². The number of amides is 1. The van der Waals surface area contributed by atoms with Crippen LogP contribution in [0.15, 0.2) is 54.6 Å². The van der Waals surface area contributed by atoms with E-state index in [0.717, 1.165) is 11.1 Å². The Labute approximate surface area is 123 Å². The molecule has 1 N–H and O–H groups in total. The number of carbonyl (C=O) groups excluding carboxylic acids is 1. The maximum absolute atomic E-state index is 12.4. The number of nitrogens with one attached hydrogen (secondary N) is 1. The molecule has 0 spiro atoms. The first-order valence-corrected chi connectivity index (χ1v) is 6.88. The average Bonchev–Trinajstić information content (AvgIpc) is 2.76. The molecule has 2 aromatic carbocycles. The molecular weight excluding hydrogens is 272 g/mol. The van der Waals surface area contributed by atoms with Crippen LogP contribution in [0.4, 0.5) is 0 Å². The molecule has 2 aromatic rings. The molecule has 2 unspecified atom stereocenters. The van der Waals surface area contributed by atoms with Crippen LogP contribution in [-0.4, -0.2) is 17.9 Å². The van der Waals surface area contributed by atoms with Crippen LogP contribution in [0.25, 0.3) is 0 Å². The van der Waals surface area contributed by atoms with E-state index in [1.165, 1.54) is 0 Å². The highest BCUT2D eigenvalue weighted by molar-refractivity contribution is 6.30. The zero-order valence-electron chi connectivity index (χ0n) is 11.1. The van der Waals surface area contributed by atoms with Crippen molar-refractivity contribution in [1.29, 1.82) is 0 Å². The molecule has 1 amide bonds. The fraction of sp³-hybridized carbons (Fsp3) is 0.188. The highest BCUT2D eigenvalue weighted by Crippen LogP contribution is 2.31. The van der Waals surface area contributed by atoms with Crippen LogP contribution in [0.3, 0.4) is 0 Å². The lowest BCUT2D eigenvalue weighted by molar-refractivity contribution is -0.128. The largest absolute Gasteiger partial charge is 0.324 e. The van der Waals surface area contributed by atoms with Gasteiger partial charge in [0.1, 0.15) is 12.2 Å². The summed E-state index contributed by atoms with van der Waals surface area (Å²) in [5, 5.41) is 4.04. The molecule has 0 aromatic heterocycles. The molecule has 1 fully saturated rings. The molecule has 2 atom stereocenters. The van der Waals surface area contributed by atoms with Crippen molar-refractivity contribution in [3.05, 3.63) is 70.7 Å². The Kier molecular flexibility index (Phi) is 3.47. The summed E-state index contributed by atoms with van der Waals surface area (Å²) in [6, 6.07) is 17.0. The van der Waals surface area contributed by atoms with Crippen LogP contribution in [0.1, 0.15) is 23.3 Å². The van der Waals surface area contributed by atoms with Gasteiger partial charge >= 0.3 is 0 Å². The van der Waals surface area contributed by atoms with Crippen LogP contribution in [-0.2, 0) is 4.79 Å². The Morgan fingerprint density at radius 2 is 1.75 bits per heavy atom. The third-order valence-electron chi connectivity index (χ3n) is 3.60. The van der Waals surface area contributed by atoms with Gasteiger partial charge < -0.3 is 4.90 Å². The highest BCUT2D eigenvalue weighted by atomic mass is 35.5. The van der Waals surface area contributed by atoms with E-state index in [4.69, 9.17) is 11.6 Å². The normalized spacial score (nSPS) is 22.3. The molecule has 0 aliphatic carbocycles. The van der Waals surface area contributed by atoms with Crippen LogP contribution >= 0.6 is 11.6 Å². The second-order valence-electron chi connectivity index (χ2n) is 4.92. The molecule has 102 valence electrons. The third kappa shape index (κ3) is 2.30. The molecule has 1 aliphatic rings. The van der Waals surface area contributed by atoms with Gasteiger partial charge in [-0.3, -0.25) is 10.1 Å². The highest BCUT2D eigenvalue weighted by Gasteiger charge is 2.37. The number of nitrogens with zero attached hydrogens (tertiary/aromatic N) is 1. The zero-order valence-corrected chi connectivity index (χ0v) is 11.8. The predicted molar refractivity (Wildman–Crippen MR) is 79.3 cm³/mol. The number of carbonyl (C=O) groups is 1. The summed E-state index contributed by atoms with van der Waals surface area (Å²) in [5.74, 6) is 0.0705. The maximum Gasteiger partial charge on any atom is 0.245 e. The Hall–Kier alpha value is -1.84. The number of hydrogen-bond acceptors (Lipinski definition) is 2. The molecule has 1 saturated heterocycles. The smallest absolute Gasteiger partial charge is 0.245 e. The van der Waals surface area contributed by atoms with Crippen LogP contribution in [0.5, 0.6) is 0 Å². The summed E-state index contributed by atoms with van der Waals surface area (Å²) in [4.78, 5) is 14.1. The summed E-state index contributed by atoms with van der Waals surface area (Å²) in [6.07, 6.45) is -0.147. The number of rotatable bonds is 2. The molecule has 3 nitrogen and oxygen atoms in total. The Bertz CT molecular complexity index is 629. The number of halogens is 1. The standard InChI is InChI=1S/C16H15ClN2O/c1-19-15(12-8-5-9-13(17)10-12)18-14(16(19)20)11-6-3-2-4-7-11/h2-10,14-15,18H,1H3. The average molecular weight is 287 g/mol. The molecular formula is C16H15ClN2O. The predicted octanol–water partition coefficient (Wildman–Crippen LogP) is 3.14. The fourth-order valence-electron chi connectivity index (χ4n) is 2.55. The van der Waals surface area contributed by atoms with Crippen LogP contribution in [0.2, 0.25) is 5.02 Å². The van der Waals surface area contributed by atoms with Crippen LogP contribution < -0.4 is 5.32 Å². The zero-order chi connectivity index (χ0) is 14.1. The van der Waals surface area contributed by atoms with E-state index in [0.29, 0.717) is 5.02 Å².